The van der Waals surface area contributed by atoms with Gasteiger partial charge in [-0.1, -0.05) is 0 Å². The summed E-state index contributed by atoms with van der Waals surface area (Å²) in [6.07, 6.45) is 1.40. The van der Waals surface area contributed by atoms with Crippen molar-refractivity contribution in [2.45, 2.75) is 0 Å². The molecule has 0 spiro atoms. The van der Waals surface area contributed by atoms with Gasteiger partial charge in [0.05, 0.1) is 11.8 Å². The Morgan fingerprint density at radius 3 is 2.30 bits per heavy atom. The summed E-state index contributed by atoms with van der Waals surface area (Å²) in [5, 5.41) is 31.5. The molecule has 0 radical (unpaired) electrons. The minimum Gasteiger partial charge on any atom is -0.508 e. The van der Waals surface area contributed by atoms with Gasteiger partial charge in [0, 0.05) is 6.07 Å². The number of phenolic OH excluding ortho intramolecular Hbond substituents is 3. The SMILES string of the molecule is O=C(N/N=C\c1ccc(O)cc1)c1ccc(O)cc1O. The summed E-state index contributed by atoms with van der Waals surface area (Å²) < 4.78 is 0. The monoisotopic (exact) mass is 272 g/mol. The van der Waals surface area contributed by atoms with Crippen LogP contribution in [0, 0.1) is 0 Å². The van der Waals surface area contributed by atoms with E-state index in [0.29, 0.717) is 5.56 Å². The van der Waals surface area contributed by atoms with Gasteiger partial charge in [0.15, 0.2) is 0 Å². The lowest BCUT2D eigenvalue weighted by atomic mass is 10.2. The van der Waals surface area contributed by atoms with E-state index in [0.717, 1.165) is 6.07 Å². The zero-order valence-electron chi connectivity index (χ0n) is 10.3. The van der Waals surface area contributed by atoms with Crippen LogP contribution in [-0.4, -0.2) is 27.4 Å². The fraction of sp³-hybridized carbons (Fsp3) is 0. The predicted molar refractivity (Wildman–Crippen MR) is 72.9 cm³/mol. The Labute approximate surface area is 114 Å². The van der Waals surface area contributed by atoms with E-state index in [9.17, 15) is 9.90 Å². The van der Waals surface area contributed by atoms with Crippen LogP contribution in [0.15, 0.2) is 47.6 Å². The van der Waals surface area contributed by atoms with Crippen LogP contribution in [0.3, 0.4) is 0 Å². The van der Waals surface area contributed by atoms with Gasteiger partial charge in [-0.25, -0.2) is 5.43 Å². The van der Waals surface area contributed by atoms with Crippen molar-refractivity contribution in [1.29, 1.82) is 0 Å². The van der Waals surface area contributed by atoms with Crippen LogP contribution >= 0.6 is 0 Å². The highest BCUT2D eigenvalue weighted by atomic mass is 16.3. The van der Waals surface area contributed by atoms with Crippen molar-refractivity contribution >= 4 is 12.1 Å². The molecule has 0 unspecified atom stereocenters. The van der Waals surface area contributed by atoms with E-state index in [1.54, 1.807) is 12.1 Å². The fourth-order valence-corrected chi connectivity index (χ4v) is 1.50. The van der Waals surface area contributed by atoms with E-state index >= 15 is 0 Å². The second-order valence-electron chi connectivity index (χ2n) is 3.99. The van der Waals surface area contributed by atoms with E-state index in [2.05, 4.69) is 10.5 Å². The number of rotatable bonds is 3. The molecule has 0 aromatic heterocycles. The molecular weight excluding hydrogens is 260 g/mol. The summed E-state index contributed by atoms with van der Waals surface area (Å²) >= 11 is 0. The summed E-state index contributed by atoms with van der Waals surface area (Å²) in [6.45, 7) is 0. The molecule has 2 rings (SSSR count). The zero-order chi connectivity index (χ0) is 14.5. The number of carbonyl (C=O) groups is 1. The lowest BCUT2D eigenvalue weighted by Gasteiger charge is -2.03. The van der Waals surface area contributed by atoms with Crippen molar-refractivity contribution in [3.8, 4) is 17.2 Å². The number of amides is 1. The molecule has 2 aromatic carbocycles. The fourth-order valence-electron chi connectivity index (χ4n) is 1.50. The average Bonchev–Trinajstić information content (AvgIpc) is 2.41. The zero-order valence-corrected chi connectivity index (χ0v) is 10.3. The van der Waals surface area contributed by atoms with Gasteiger partial charge in [-0.2, -0.15) is 5.10 Å². The van der Waals surface area contributed by atoms with Crippen LogP contribution < -0.4 is 5.43 Å². The number of aromatic hydroxyl groups is 3. The average molecular weight is 272 g/mol. The molecule has 102 valence electrons. The molecule has 0 bridgehead atoms. The Morgan fingerprint density at radius 2 is 1.65 bits per heavy atom. The van der Waals surface area contributed by atoms with Gasteiger partial charge in [-0.3, -0.25) is 4.79 Å². The molecule has 6 nitrogen and oxygen atoms in total. The van der Waals surface area contributed by atoms with Crippen LogP contribution in [-0.2, 0) is 0 Å². The first-order valence-electron chi connectivity index (χ1n) is 5.70. The van der Waals surface area contributed by atoms with Crippen LogP contribution in [0.2, 0.25) is 0 Å². The standard InChI is InChI=1S/C14H12N2O4/c17-10-3-1-9(2-4-10)8-15-16-14(20)12-6-5-11(18)7-13(12)19/h1-8,17-19H,(H,16,20)/b15-8-. The summed E-state index contributed by atoms with van der Waals surface area (Å²) in [5.74, 6) is -0.924. The third-order valence-electron chi connectivity index (χ3n) is 2.50. The van der Waals surface area contributed by atoms with Crippen molar-refractivity contribution in [3.63, 3.8) is 0 Å². The third kappa shape index (κ3) is 3.26. The first-order valence-corrected chi connectivity index (χ1v) is 5.70. The molecule has 0 saturated heterocycles. The summed E-state index contributed by atoms with van der Waals surface area (Å²) in [4.78, 5) is 11.7. The highest BCUT2D eigenvalue weighted by Crippen LogP contribution is 2.22. The largest absolute Gasteiger partial charge is 0.508 e. The lowest BCUT2D eigenvalue weighted by molar-refractivity contribution is 0.0952. The Morgan fingerprint density at radius 1 is 1.00 bits per heavy atom. The van der Waals surface area contributed by atoms with Crippen LogP contribution in [0.1, 0.15) is 15.9 Å². The molecule has 0 saturated carbocycles. The van der Waals surface area contributed by atoms with E-state index in [1.165, 1.54) is 30.5 Å². The Bertz CT molecular complexity index is 651. The molecule has 0 aliphatic rings. The quantitative estimate of drug-likeness (QED) is 0.503. The highest BCUT2D eigenvalue weighted by molar-refractivity contribution is 5.97. The molecule has 0 fully saturated rings. The molecule has 0 heterocycles. The maximum Gasteiger partial charge on any atom is 0.275 e. The highest BCUT2D eigenvalue weighted by Gasteiger charge is 2.10. The molecule has 4 N–H and O–H groups in total. The number of carbonyl (C=O) groups excluding carboxylic acids is 1. The molecule has 0 atom stereocenters. The van der Waals surface area contributed by atoms with Gasteiger partial charge in [0.25, 0.3) is 5.91 Å². The number of phenols is 3. The number of benzene rings is 2. The third-order valence-corrected chi connectivity index (χ3v) is 2.50. The molecule has 20 heavy (non-hydrogen) atoms. The first kappa shape index (κ1) is 13.4. The maximum atomic E-state index is 11.7. The van der Waals surface area contributed by atoms with Gasteiger partial charge in [0.2, 0.25) is 0 Å². The molecule has 2 aromatic rings. The van der Waals surface area contributed by atoms with Gasteiger partial charge in [-0.15, -0.1) is 0 Å². The smallest absolute Gasteiger partial charge is 0.275 e. The molecule has 6 heteroatoms. The normalized spacial score (nSPS) is 10.6. The van der Waals surface area contributed by atoms with Crippen molar-refractivity contribution < 1.29 is 20.1 Å². The predicted octanol–water partition coefficient (Wildman–Crippen LogP) is 1.57. The van der Waals surface area contributed by atoms with Gasteiger partial charge < -0.3 is 15.3 Å². The minimum atomic E-state index is -0.600. The van der Waals surface area contributed by atoms with Gasteiger partial charge >= 0.3 is 0 Å². The number of nitrogens with zero attached hydrogens (tertiary/aromatic N) is 1. The minimum absolute atomic E-state index is 0.00524. The number of hydrogen-bond donors (Lipinski definition) is 4. The molecular formula is C14H12N2O4. The van der Waals surface area contributed by atoms with Crippen molar-refractivity contribution in [1.82, 2.24) is 5.43 Å². The van der Waals surface area contributed by atoms with Crippen LogP contribution in [0.5, 0.6) is 17.2 Å². The maximum absolute atomic E-state index is 11.7. The van der Waals surface area contributed by atoms with E-state index in [-0.39, 0.29) is 22.8 Å². The topological polar surface area (TPSA) is 102 Å². The Kier molecular flexibility index (Phi) is 3.85. The van der Waals surface area contributed by atoms with E-state index < -0.39 is 5.91 Å². The molecule has 0 aliphatic carbocycles. The van der Waals surface area contributed by atoms with Crippen molar-refractivity contribution in [2.75, 3.05) is 0 Å². The second-order valence-corrected chi connectivity index (χ2v) is 3.99. The first-order chi connectivity index (χ1) is 9.56. The molecule has 0 aliphatic heterocycles. The Balaban J connectivity index is 2.03. The summed E-state index contributed by atoms with van der Waals surface area (Å²) in [7, 11) is 0. The summed E-state index contributed by atoms with van der Waals surface area (Å²) in [6, 6.07) is 9.89. The number of hydrazone groups is 1. The summed E-state index contributed by atoms with van der Waals surface area (Å²) in [5.41, 5.74) is 2.95. The van der Waals surface area contributed by atoms with Gasteiger partial charge in [-0.05, 0) is 42.0 Å². The lowest BCUT2D eigenvalue weighted by Crippen LogP contribution is -2.17. The number of nitrogens with one attached hydrogen (secondary N) is 1. The van der Waals surface area contributed by atoms with E-state index in [1.807, 2.05) is 0 Å². The van der Waals surface area contributed by atoms with Crippen molar-refractivity contribution in [2.24, 2.45) is 5.10 Å². The van der Waals surface area contributed by atoms with Crippen LogP contribution in [0.4, 0.5) is 0 Å². The number of hydrogen-bond acceptors (Lipinski definition) is 5. The Hall–Kier alpha value is -3.02. The second kappa shape index (κ2) is 5.75. The molecule has 1 amide bonds. The van der Waals surface area contributed by atoms with E-state index in [4.69, 9.17) is 10.2 Å². The van der Waals surface area contributed by atoms with Crippen molar-refractivity contribution in [3.05, 3.63) is 53.6 Å². The van der Waals surface area contributed by atoms with Crippen LogP contribution in [0.25, 0.3) is 0 Å². The van der Waals surface area contributed by atoms with Gasteiger partial charge in [0.1, 0.15) is 17.2 Å².